The Labute approximate surface area is 74.4 Å². The molecule has 0 fully saturated rings. The molecule has 1 aromatic heterocycles. The van der Waals surface area contributed by atoms with Crippen LogP contribution >= 0.6 is 0 Å². The van der Waals surface area contributed by atoms with Crippen molar-refractivity contribution in [2.75, 3.05) is 12.4 Å². The molecule has 1 aliphatic rings. The van der Waals surface area contributed by atoms with Crippen molar-refractivity contribution in [1.29, 1.82) is 0 Å². The fraction of sp³-hybridized carbons (Fsp3) is 0.125. The molecule has 5 nitrogen and oxygen atoms in total. The number of carbonyl (C=O) groups is 1. The van der Waals surface area contributed by atoms with E-state index in [1.807, 2.05) is 0 Å². The van der Waals surface area contributed by atoms with Crippen molar-refractivity contribution in [3.8, 4) is 0 Å². The minimum Gasteiger partial charge on any atom is -0.398 e. The fourth-order valence-electron chi connectivity index (χ4n) is 1.19. The number of anilines is 1. The molecule has 0 unspecified atom stereocenters. The Morgan fingerprint density at radius 2 is 2.46 bits per heavy atom. The highest BCUT2D eigenvalue weighted by atomic mass is 16.6. The number of hydrogen-bond acceptors (Lipinski definition) is 4. The van der Waals surface area contributed by atoms with Gasteiger partial charge >= 0.3 is 0 Å². The highest BCUT2D eigenvalue weighted by Crippen LogP contribution is 2.21. The van der Waals surface area contributed by atoms with E-state index in [-0.39, 0.29) is 5.91 Å². The normalized spacial score (nSPS) is 17.0. The third-order valence-corrected chi connectivity index (χ3v) is 1.72. The van der Waals surface area contributed by atoms with E-state index >= 15 is 0 Å². The van der Waals surface area contributed by atoms with Crippen LogP contribution in [-0.4, -0.2) is 23.7 Å². The second kappa shape index (κ2) is 2.85. The molecule has 2 rings (SSSR count). The summed E-state index contributed by atoms with van der Waals surface area (Å²) in [6.07, 6.45) is 3.18. The first kappa shape index (κ1) is 7.72. The summed E-state index contributed by atoms with van der Waals surface area (Å²) in [7, 11) is 1.40. The van der Waals surface area contributed by atoms with Gasteiger partial charge in [-0.2, -0.15) is 0 Å². The highest BCUT2D eigenvalue weighted by molar-refractivity contribution is 6.53. The molecule has 13 heavy (non-hydrogen) atoms. The van der Waals surface area contributed by atoms with Crippen molar-refractivity contribution in [2.24, 2.45) is 5.16 Å². The van der Waals surface area contributed by atoms with E-state index in [0.29, 0.717) is 11.4 Å². The van der Waals surface area contributed by atoms with Gasteiger partial charge in [0.05, 0.1) is 11.9 Å². The lowest BCUT2D eigenvalue weighted by molar-refractivity contribution is -0.110. The van der Waals surface area contributed by atoms with Gasteiger partial charge in [-0.15, -0.1) is 0 Å². The van der Waals surface area contributed by atoms with Crippen molar-refractivity contribution in [3.05, 3.63) is 24.0 Å². The standard InChI is InChI=1S/C8H7N3O2/c1-13-11-7-5-2-3-9-4-6(5)10-8(7)12/h2-4H,1H3,(H,10,11,12). The Morgan fingerprint density at radius 3 is 3.23 bits per heavy atom. The van der Waals surface area contributed by atoms with Crippen molar-refractivity contribution < 1.29 is 9.63 Å². The van der Waals surface area contributed by atoms with E-state index in [1.165, 1.54) is 7.11 Å². The van der Waals surface area contributed by atoms with E-state index in [4.69, 9.17) is 0 Å². The van der Waals surface area contributed by atoms with E-state index in [9.17, 15) is 4.79 Å². The van der Waals surface area contributed by atoms with Crippen LogP contribution in [0.1, 0.15) is 5.56 Å². The van der Waals surface area contributed by atoms with Gasteiger partial charge in [-0.3, -0.25) is 9.78 Å². The number of rotatable bonds is 1. The molecule has 0 aromatic carbocycles. The van der Waals surface area contributed by atoms with Crippen LogP contribution in [-0.2, 0) is 9.63 Å². The van der Waals surface area contributed by atoms with Crippen molar-refractivity contribution >= 4 is 17.3 Å². The lowest BCUT2D eigenvalue weighted by Gasteiger charge is -1.93. The Balaban J connectivity index is 2.53. The summed E-state index contributed by atoms with van der Waals surface area (Å²) in [5, 5.41) is 6.24. The van der Waals surface area contributed by atoms with Gasteiger partial charge in [-0.25, -0.2) is 0 Å². The van der Waals surface area contributed by atoms with E-state index in [1.54, 1.807) is 18.5 Å². The van der Waals surface area contributed by atoms with Gasteiger partial charge < -0.3 is 10.2 Å². The van der Waals surface area contributed by atoms with Crippen LogP contribution in [0.25, 0.3) is 0 Å². The monoisotopic (exact) mass is 177 g/mol. The van der Waals surface area contributed by atoms with E-state index < -0.39 is 0 Å². The Morgan fingerprint density at radius 1 is 1.62 bits per heavy atom. The molecule has 0 saturated carbocycles. The van der Waals surface area contributed by atoms with Gasteiger partial charge in [0.25, 0.3) is 5.91 Å². The summed E-state index contributed by atoms with van der Waals surface area (Å²) in [6, 6.07) is 1.71. The lowest BCUT2D eigenvalue weighted by Crippen LogP contribution is -2.14. The zero-order chi connectivity index (χ0) is 9.26. The van der Waals surface area contributed by atoms with Gasteiger partial charge in [-0.05, 0) is 6.07 Å². The third-order valence-electron chi connectivity index (χ3n) is 1.72. The number of fused-ring (bicyclic) bond motifs is 1. The van der Waals surface area contributed by atoms with Crippen molar-refractivity contribution in [3.63, 3.8) is 0 Å². The molecular formula is C8H7N3O2. The maximum Gasteiger partial charge on any atom is 0.278 e. The summed E-state index contributed by atoms with van der Waals surface area (Å²) in [6.45, 7) is 0. The maximum absolute atomic E-state index is 11.3. The Bertz CT molecular complexity index is 387. The fourth-order valence-corrected chi connectivity index (χ4v) is 1.19. The van der Waals surface area contributed by atoms with E-state index in [2.05, 4.69) is 20.3 Å². The number of oxime groups is 1. The van der Waals surface area contributed by atoms with Gasteiger partial charge in [0.15, 0.2) is 5.71 Å². The summed E-state index contributed by atoms with van der Waals surface area (Å²) >= 11 is 0. The predicted octanol–water partition coefficient (Wildman–Crippen LogP) is 0.384. The molecule has 66 valence electrons. The smallest absolute Gasteiger partial charge is 0.278 e. The summed E-state index contributed by atoms with van der Waals surface area (Å²) in [5.41, 5.74) is 1.69. The lowest BCUT2D eigenvalue weighted by atomic mass is 10.2. The molecular weight excluding hydrogens is 170 g/mol. The molecule has 0 aliphatic carbocycles. The minimum atomic E-state index is -0.259. The topological polar surface area (TPSA) is 63.6 Å². The third kappa shape index (κ3) is 1.14. The average molecular weight is 177 g/mol. The van der Waals surface area contributed by atoms with Crippen LogP contribution in [0.2, 0.25) is 0 Å². The van der Waals surface area contributed by atoms with Crippen LogP contribution in [0, 0.1) is 0 Å². The first-order valence-electron chi connectivity index (χ1n) is 3.70. The zero-order valence-electron chi connectivity index (χ0n) is 6.94. The number of nitrogens with one attached hydrogen (secondary N) is 1. The van der Waals surface area contributed by atoms with E-state index in [0.717, 1.165) is 5.56 Å². The van der Waals surface area contributed by atoms with Crippen LogP contribution in [0.4, 0.5) is 5.69 Å². The van der Waals surface area contributed by atoms with Gasteiger partial charge in [0.2, 0.25) is 0 Å². The average Bonchev–Trinajstić information content (AvgIpc) is 2.44. The number of amides is 1. The second-order valence-corrected chi connectivity index (χ2v) is 2.50. The molecule has 0 spiro atoms. The van der Waals surface area contributed by atoms with Gasteiger partial charge in [-0.1, -0.05) is 5.16 Å². The molecule has 2 heterocycles. The number of pyridine rings is 1. The Kier molecular flexibility index (Phi) is 1.70. The first-order chi connectivity index (χ1) is 6.33. The molecule has 1 aromatic rings. The summed E-state index contributed by atoms with van der Waals surface area (Å²) < 4.78 is 0. The molecule has 0 atom stereocenters. The largest absolute Gasteiger partial charge is 0.398 e. The van der Waals surface area contributed by atoms with Crippen molar-refractivity contribution in [1.82, 2.24) is 4.98 Å². The zero-order valence-corrected chi connectivity index (χ0v) is 6.94. The second-order valence-electron chi connectivity index (χ2n) is 2.50. The summed E-state index contributed by atoms with van der Waals surface area (Å²) in [5.74, 6) is -0.259. The quantitative estimate of drug-likeness (QED) is 0.631. The van der Waals surface area contributed by atoms with Crippen LogP contribution in [0.3, 0.4) is 0 Å². The van der Waals surface area contributed by atoms with Crippen LogP contribution in [0.15, 0.2) is 23.6 Å². The van der Waals surface area contributed by atoms with Gasteiger partial charge in [0.1, 0.15) is 7.11 Å². The highest BCUT2D eigenvalue weighted by Gasteiger charge is 2.26. The molecule has 0 saturated heterocycles. The summed E-state index contributed by atoms with van der Waals surface area (Å²) in [4.78, 5) is 19.7. The first-order valence-corrected chi connectivity index (χ1v) is 3.70. The molecule has 0 radical (unpaired) electrons. The molecule has 1 aliphatic heterocycles. The predicted molar refractivity (Wildman–Crippen MR) is 46.4 cm³/mol. The molecule has 1 amide bonds. The number of nitrogens with zero attached hydrogens (tertiary/aromatic N) is 2. The Hall–Kier alpha value is -1.91. The molecule has 0 bridgehead atoms. The SMILES string of the molecule is CO/N=C1\C(=O)Nc2cnccc21. The van der Waals surface area contributed by atoms with Crippen molar-refractivity contribution in [2.45, 2.75) is 0 Å². The van der Waals surface area contributed by atoms with Crippen LogP contribution in [0.5, 0.6) is 0 Å². The van der Waals surface area contributed by atoms with Crippen LogP contribution < -0.4 is 5.32 Å². The maximum atomic E-state index is 11.3. The molecule has 5 heteroatoms. The minimum absolute atomic E-state index is 0.259. The van der Waals surface area contributed by atoms with Gasteiger partial charge in [0, 0.05) is 11.8 Å². The number of aromatic nitrogens is 1. The number of hydrogen-bond donors (Lipinski definition) is 1. The number of carbonyl (C=O) groups excluding carboxylic acids is 1. The molecule has 1 N–H and O–H groups in total.